The highest BCUT2D eigenvalue weighted by Gasteiger charge is 2.39. The Bertz CT molecular complexity index is 607. The number of hydrogen-bond donors (Lipinski definition) is 2. The van der Waals surface area contributed by atoms with Crippen molar-refractivity contribution in [1.82, 2.24) is 4.98 Å². The second-order valence-corrected chi connectivity index (χ2v) is 5.97. The maximum atomic E-state index is 10.2. The number of pyridine rings is 1. The topological polar surface area (TPSA) is 62.6 Å². The van der Waals surface area contributed by atoms with E-state index in [4.69, 9.17) is 4.65 Å². The number of fused-ring (bicyclic) bond motifs is 1. The van der Waals surface area contributed by atoms with E-state index in [1.807, 2.05) is 30.3 Å². The minimum Gasteiger partial charge on any atom is -0.422 e. The summed E-state index contributed by atoms with van der Waals surface area (Å²) >= 11 is 0. The summed E-state index contributed by atoms with van der Waals surface area (Å²) in [5.41, 5.74) is -0.750. The standard InChI is InChI=1S/C15H20BNO3/c1-14(2,18)15(3,4)20-16(19)13-10-9-11-7-5-6-8-12(11)17-13/h5-10,18-19H,1-4H3. The number of aromatic nitrogens is 1. The molecule has 2 N–H and O–H groups in total. The summed E-state index contributed by atoms with van der Waals surface area (Å²) in [5, 5.41) is 21.2. The van der Waals surface area contributed by atoms with E-state index >= 15 is 0 Å². The van der Waals surface area contributed by atoms with Crippen LogP contribution < -0.4 is 5.59 Å². The zero-order chi connectivity index (χ0) is 15.0. The first-order chi connectivity index (χ1) is 9.21. The van der Waals surface area contributed by atoms with Crippen LogP contribution in [0.5, 0.6) is 0 Å². The molecule has 0 radical (unpaired) electrons. The third kappa shape index (κ3) is 3.01. The fourth-order valence-electron chi connectivity index (χ4n) is 1.70. The monoisotopic (exact) mass is 273 g/mol. The highest BCUT2D eigenvalue weighted by atomic mass is 16.5. The summed E-state index contributed by atoms with van der Waals surface area (Å²) in [5.74, 6) is 0. The van der Waals surface area contributed by atoms with Crippen LogP contribution in [-0.4, -0.2) is 33.4 Å². The number of para-hydroxylation sites is 1. The van der Waals surface area contributed by atoms with E-state index in [0.717, 1.165) is 10.9 Å². The molecule has 4 nitrogen and oxygen atoms in total. The molecule has 0 unspecified atom stereocenters. The summed E-state index contributed by atoms with van der Waals surface area (Å²) < 4.78 is 5.58. The van der Waals surface area contributed by atoms with Crippen LogP contribution in [0.25, 0.3) is 10.9 Å². The van der Waals surface area contributed by atoms with Gasteiger partial charge in [0.25, 0.3) is 0 Å². The van der Waals surface area contributed by atoms with Gasteiger partial charge in [-0.1, -0.05) is 24.3 Å². The zero-order valence-corrected chi connectivity index (χ0v) is 12.3. The Labute approximate surface area is 119 Å². The minimum atomic E-state index is -1.18. The molecule has 1 heterocycles. The molecule has 5 heteroatoms. The van der Waals surface area contributed by atoms with Crippen molar-refractivity contribution in [2.75, 3.05) is 0 Å². The Hall–Kier alpha value is -1.43. The van der Waals surface area contributed by atoms with E-state index in [2.05, 4.69) is 4.98 Å². The largest absolute Gasteiger partial charge is 0.511 e. The summed E-state index contributed by atoms with van der Waals surface area (Å²) in [4.78, 5) is 4.38. The Morgan fingerprint density at radius 2 is 1.70 bits per heavy atom. The van der Waals surface area contributed by atoms with Gasteiger partial charge in [-0.2, -0.15) is 0 Å². The number of hydrogen-bond acceptors (Lipinski definition) is 4. The number of benzene rings is 1. The number of aliphatic hydroxyl groups is 1. The van der Waals surface area contributed by atoms with Crippen molar-refractivity contribution in [1.29, 1.82) is 0 Å². The van der Waals surface area contributed by atoms with Crippen LogP contribution in [0, 0.1) is 0 Å². The third-order valence-electron chi connectivity index (χ3n) is 3.75. The average molecular weight is 273 g/mol. The first-order valence-electron chi connectivity index (χ1n) is 6.65. The Balaban J connectivity index is 2.25. The van der Waals surface area contributed by atoms with Gasteiger partial charge in [-0.25, -0.2) is 0 Å². The van der Waals surface area contributed by atoms with Crippen LogP contribution in [-0.2, 0) is 4.65 Å². The van der Waals surface area contributed by atoms with Crippen LogP contribution >= 0.6 is 0 Å². The van der Waals surface area contributed by atoms with E-state index < -0.39 is 18.3 Å². The van der Waals surface area contributed by atoms with Gasteiger partial charge in [0.1, 0.15) is 0 Å². The van der Waals surface area contributed by atoms with Crippen molar-refractivity contribution < 1.29 is 14.8 Å². The SMILES string of the molecule is CC(C)(O)C(C)(C)OB(O)c1ccc2ccccc2n1. The smallest absolute Gasteiger partial charge is 0.422 e. The predicted molar refractivity (Wildman–Crippen MR) is 80.8 cm³/mol. The normalized spacial score (nSPS) is 12.7. The predicted octanol–water partition coefficient (Wildman–Crippen LogP) is 1.49. The molecular weight excluding hydrogens is 253 g/mol. The summed E-state index contributed by atoms with van der Waals surface area (Å²) in [6.45, 7) is 6.76. The molecule has 2 rings (SSSR count). The van der Waals surface area contributed by atoms with Crippen molar-refractivity contribution in [3.8, 4) is 0 Å². The van der Waals surface area contributed by atoms with Gasteiger partial charge in [0, 0.05) is 5.39 Å². The molecule has 0 bridgehead atoms. The van der Waals surface area contributed by atoms with E-state index in [-0.39, 0.29) is 0 Å². The van der Waals surface area contributed by atoms with E-state index in [1.165, 1.54) is 0 Å². The molecule has 20 heavy (non-hydrogen) atoms. The van der Waals surface area contributed by atoms with Gasteiger partial charge < -0.3 is 14.8 Å². The first kappa shape index (κ1) is 15.0. The van der Waals surface area contributed by atoms with Crippen molar-refractivity contribution in [2.45, 2.75) is 38.9 Å². The first-order valence-corrected chi connectivity index (χ1v) is 6.65. The molecule has 0 atom stereocenters. The van der Waals surface area contributed by atoms with Crippen molar-refractivity contribution >= 4 is 23.6 Å². The summed E-state index contributed by atoms with van der Waals surface area (Å²) in [6.07, 6.45) is 0. The highest BCUT2D eigenvalue weighted by molar-refractivity contribution is 6.59. The van der Waals surface area contributed by atoms with Gasteiger partial charge in [0.2, 0.25) is 0 Å². The molecule has 0 amide bonds. The Kier molecular flexibility index (Phi) is 3.87. The highest BCUT2D eigenvalue weighted by Crippen LogP contribution is 2.25. The van der Waals surface area contributed by atoms with E-state index in [1.54, 1.807) is 33.8 Å². The summed E-state index contributed by atoms with van der Waals surface area (Å²) in [6, 6.07) is 11.3. The molecule has 0 aliphatic rings. The van der Waals surface area contributed by atoms with Crippen molar-refractivity contribution in [3.05, 3.63) is 36.4 Å². The third-order valence-corrected chi connectivity index (χ3v) is 3.75. The number of rotatable bonds is 4. The quantitative estimate of drug-likeness (QED) is 0.828. The molecule has 0 fully saturated rings. The molecule has 1 aromatic carbocycles. The lowest BCUT2D eigenvalue weighted by atomic mass is 9.80. The van der Waals surface area contributed by atoms with Gasteiger partial charge in [-0.05, 0) is 39.8 Å². The maximum Gasteiger partial charge on any atom is 0.511 e. The lowest BCUT2D eigenvalue weighted by molar-refractivity contribution is -0.0983. The van der Waals surface area contributed by atoms with Gasteiger partial charge in [0.15, 0.2) is 0 Å². The molecule has 106 valence electrons. The van der Waals surface area contributed by atoms with Crippen molar-refractivity contribution in [3.63, 3.8) is 0 Å². The second kappa shape index (κ2) is 5.16. The molecule has 0 saturated heterocycles. The fraction of sp³-hybridized carbons (Fsp3) is 0.400. The fourth-order valence-corrected chi connectivity index (χ4v) is 1.70. The van der Waals surface area contributed by atoms with Gasteiger partial charge in [-0.15, -0.1) is 0 Å². The van der Waals surface area contributed by atoms with Crippen LogP contribution in [0.3, 0.4) is 0 Å². The minimum absolute atomic E-state index is 0.432. The lowest BCUT2D eigenvalue weighted by Crippen LogP contribution is -2.53. The molecule has 1 aromatic heterocycles. The molecule has 0 aliphatic carbocycles. The van der Waals surface area contributed by atoms with Crippen LogP contribution in [0.4, 0.5) is 0 Å². The van der Waals surface area contributed by atoms with Crippen LogP contribution in [0.2, 0.25) is 0 Å². The summed E-state index contributed by atoms with van der Waals surface area (Å²) in [7, 11) is -1.18. The van der Waals surface area contributed by atoms with Crippen LogP contribution in [0.15, 0.2) is 36.4 Å². The average Bonchev–Trinajstić information content (AvgIpc) is 2.36. The zero-order valence-electron chi connectivity index (χ0n) is 12.3. The molecule has 2 aromatic rings. The van der Waals surface area contributed by atoms with Gasteiger partial charge in [-0.3, -0.25) is 4.98 Å². The molecule has 0 aliphatic heterocycles. The van der Waals surface area contributed by atoms with E-state index in [9.17, 15) is 10.1 Å². The van der Waals surface area contributed by atoms with E-state index in [0.29, 0.717) is 5.59 Å². The molecule has 0 spiro atoms. The van der Waals surface area contributed by atoms with Gasteiger partial charge >= 0.3 is 7.12 Å². The maximum absolute atomic E-state index is 10.2. The van der Waals surface area contributed by atoms with Gasteiger partial charge in [0.05, 0.1) is 22.3 Å². The molecule has 0 saturated carbocycles. The Morgan fingerprint density at radius 3 is 2.35 bits per heavy atom. The second-order valence-electron chi connectivity index (χ2n) is 5.97. The Morgan fingerprint density at radius 1 is 1.05 bits per heavy atom. The molecular formula is C15H20BNO3. The lowest BCUT2D eigenvalue weighted by Gasteiger charge is -2.38. The number of nitrogens with zero attached hydrogens (tertiary/aromatic N) is 1. The van der Waals surface area contributed by atoms with Crippen LogP contribution in [0.1, 0.15) is 27.7 Å². The van der Waals surface area contributed by atoms with Crippen molar-refractivity contribution in [2.24, 2.45) is 0 Å².